The van der Waals surface area contributed by atoms with Gasteiger partial charge in [-0.1, -0.05) is 0 Å². The topological polar surface area (TPSA) is 48.4 Å². The standard InChI is InChI=1S/C19H16FNO3S2/c20-13-4-6-15(7-5-13)23-10-18-21-14(11-25-18)9-24-19(22)17-8-12-2-1-3-16(12)26-17/h4-8,11H,1-3,9-10H2. The molecule has 3 aromatic rings. The second kappa shape index (κ2) is 7.55. The first-order valence-electron chi connectivity index (χ1n) is 8.28. The van der Waals surface area contributed by atoms with E-state index in [0.29, 0.717) is 22.9 Å². The van der Waals surface area contributed by atoms with Crippen LogP contribution in [0.25, 0.3) is 0 Å². The summed E-state index contributed by atoms with van der Waals surface area (Å²) in [5, 5.41) is 2.63. The number of thiophene rings is 1. The van der Waals surface area contributed by atoms with Crippen LogP contribution in [0.1, 0.15) is 37.2 Å². The van der Waals surface area contributed by atoms with E-state index in [0.717, 1.165) is 17.8 Å². The molecule has 2 aromatic heterocycles. The van der Waals surface area contributed by atoms with Crippen molar-refractivity contribution >= 4 is 28.6 Å². The molecule has 0 saturated carbocycles. The Morgan fingerprint density at radius 2 is 2.04 bits per heavy atom. The lowest BCUT2D eigenvalue weighted by molar-refractivity contribution is 0.0474. The molecule has 0 amide bonds. The predicted molar refractivity (Wildman–Crippen MR) is 98.3 cm³/mol. The van der Waals surface area contributed by atoms with Crippen LogP contribution in [-0.4, -0.2) is 11.0 Å². The number of nitrogens with zero attached hydrogens (tertiary/aromatic N) is 1. The second-order valence-corrected chi connectivity index (χ2v) is 8.04. The second-order valence-electron chi connectivity index (χ2n) is 5.96. The van der Waals surface area contributed by atoms with Gasteiger partial charge in [0.15, 0.2) is 0 Å². The zero-order valence-corrected chi connectivity index (χ0v) is 15.5. The van der Waals surface area contributed by atoms with E-state index in [4.69, 9.17) is 9.47 Å². The minimum atomic E-state index is -0.299. The van der Waals surface area contributed by atoms with E-state index >= 15 is 0 Å². The molecule has 0 spiro atoms. The maximum Gasteiger partial charge on any atom is 0.348 e. The van der Waals surface area contributed by atoms with E-state index in [2.05, 4.69) is 4.98 Å². The highest BCUT2D eigenvalue weighted by Gasteiger charge is 2.19. The number of ether oxygens (including phenoxy) is 2. The Kier molecular flexibility index (Phi) is 4.99. The van der Waals surface area contributed by atoms with Gasteiger partial charge in [-0.2, -0.15) is 0 Å². The molecule has 7 heteroatoms. The number of fused-ring (bicyclic) bond motifs is 1. The lowest BCUT2D eigenvalue weighted by Gasteiger charge is -2.03. The van der Waals surface area contributed by atoms with Crippen LogP contribution in [0.15, 0.2) is 35.7 Å². The number of thiazole rings is 1. The summed E-state index contributed by atoms with van der Waals surface area (Å²) < 4.78 is 23.8. The van der Waals surface area contributed by atoms with E-state index in [9.17, 15) is 9.18 Å². The zero-order valence-electron chi connectivity index (χ0n) is 13.9. The summed E-state index contributed by atoms with van der Waals surface area (Å²) >= 11 is 2.98. The number of hydrogen-bond acceptors (Lipinski definition) is 6. The Morgan fingerprint density at radius 3 is 2.85 bits per heavy atom. The largest absolute Gasteiger partial charge is 0.486 e. The van der Waals surface area contributed by atoms with Crippen molar-refractivity contribution in [1.29, 1.82) is 0 Å². The summed E-state index contributed by atoms with van der Waals surface area (Å²) in [7, 11) is 0. The Morgan fingerprint density at radius 1 is 1.19 bits per heavy atom. The van der Waals surface area contributed by atoms with Gasteiger partial charge in [0.1, 0.15) is 34.7 Å². The molecule has 26 heavy (non-hydrogen) atoms. The van der Waals surface area contributed by atoms with Crippen molar-refractivity contribution in [3.63, 3.8) is 0 Å². The van der Waals surface area contributed by atoms with Crippen molar-refractivity contribution in [3.05, 3.63) is 67.5 Å². The zero-order chi connectivity index (χ0) is 17.9. The molecule has 0 aliphatic heterocycles. The van der Waals surface area contributed by atoms with Gasteiger partial charge in [0, 0.05) is 10.3 Å². The number of aromatic nitrogens is 1. The Bertz CT molecular complexity index is 896. The highest BCUT2D eigenvalue weighted by molar-refractivity contribution is 7.14. The quantitative estimate of drug-likeness (QED) is 0.570. The van der Waals surface area contributed by atoms with Crippen molar-refractivity contribution in [2.45, 2.75) is 32.5 Å². The van der Waals surface area contributed by atoms with E-state index in [1.54, 1.807) is 12.1 Å². The molecule has 0 unspecified atom stereocenters. The number of halogens is 1. The first kappa shape index (κ1) is 17.2. The highest BCUT2D eigenvalue weighted by atomic mass is 32.1. The van der Waals surface area contributed by atoms with Crippen molar-refractivity contribution in [2.75, 3.05) is 0 Å². The first-order valence-corrected chi connectivity index (χ1v) is 9.97. The summed E-state index contributed by atoms with van der Waals surface area (Å²) in [5.74, 6) is -0.00601. The van der Waals surface area contributed by atoms with E-state index < -0.39 is 0 Å². The number of carbonyl (C=O) groups is 1. The summed E-state index contributed by atoms with van der Waals surface area (Å²) in [5.41, 5.74) is 1.99. The number of carbonyl (C=O) groups excluding carboxylic acids is 1. The first-order chi connectivity index (χ1) is 12.7. The number of esters is 1. The fourth-order valence-electron chi connectivity index (χ4n) is 2.80. The van der Waals surface area contributed by atoms with Crippen LogP contribution in [0.3, 0.4) is 0 Å². The molecule has 1 aliphatic carbocycles. The van der Waals surface area contributed by atoms with Crippen molar-refractivity contribution in [2.24, 2.45) is 0 Å². The predicted octanol–water partition coefficient (Wildman–Crippen LogP) is 4.77. The lowest BCUT2D eigenvalue weighted by atomic mass is 10.2. The van der Waals surface area contributed by atoms with Crippen molar-refractivity contribution in [1.82, 2.24) is 4.98 Å². The molecule has 134 valence electrons. The average Bonchev–Trinajstić information content (AvgIpc) is 3.35. The third kappa shape index (κ3) is 3.94. The maximum atomic E-state index is 12.9. The van der Waals surface area contributed by atoms with E-state index in [-0.39, 0.29) is 18.4 Å². The molecule has 0 saturated heterocycles. The van der Waals surface area contributed by atoms with Gasteiger partial charge in [-0.05, 0) is 55.2 Å². The Balaban J connectivity index is 1.29. The fraction of sp³-hybridized carbons (Fsp3) is 0.263. The van der Waals surface area contributed by atoms with Crippen LogP contribution < -0.4 is 4.74 Å². The third-order valence-corrected chi connectivity index (χ3v) is 6.16. The number of benzene rings is 1. The molecule has 0 fully saturated rings. The van der Waals surface area contributed by atoms with Gasteiger partial charge >= 0.3 is 5.97 Å². The molecule has 1 aromatic carbocycles. The highest BCUT2D eigenvalue weighted by Crippen LogP contribution is 2.31. The minimum absolute atomic E-state index is 0.147. The van der Waals surface area contributed by atoms with E-state index in [1.165, 1.54) is 51.7 Å². The molecule has 0 N–H and O–H groups in total. The van der Waals surface area contributed by atoms with Crippen molar-refractivity contribution < 1.29 is 18.7 Å². The van der Waals surface area contributed by atoms with Gasteiger partial charge in [-0.25, -0.2) is 14.2 Å². The van der Waals surface area contributed by atoms with Gasteiger partial charge in [0.05, 0.1) is 5.69 Å². The van der Waals surface area contributed by atoms with E-state index in [1.807, 2.05) is 11.4 Å². The third-order valence-electron chi connectivity index (χ3n) is 4.07. The van der Waals surface area contributed by atoms with Crippen LogP contribution in [0.2, 0.25) is 0 Å². The normalized spacial score (nSPS) is 12.8. The number of hydrogen-bond donors (Lipinski definition) is 0. The molecule has 4 nitrogen and oxygen atoms in total. The van der Waals surface area contributed by atoms with Crippen LogP contribution in [0, 0.1) is 5.82 Å². The molecule has 1 aliphatic rings. The maximum absolute atomic E-state index is 12.9. The van der Waals surface area contributed by atoms with Crippen LogP contribution in [0.4, 0.5) is 4.39 Å². The molecule has 0 radical (unpaired) electrons. The SMILES string of the molecule is O=C(OCc1csc(COc2ccc(F)cc2)n1)c1cc2c(s1)CCC2. The lowest BCUT2D eigenvalue weighted by Crippen LogP contribution is -2.04. The molecule has 0 atom stereocenters. The van der Waals surface area contributed by atoms with Gasteiger partial charge in [0.2, 0.25) is 0 Å². The molecular weight excluding hydrogens is 373 g/mol. The minimum Gasteiger partial charge on any atom is -0.486 e. The summed E-state index contributed by atoms with van der Waals surface area (Å²) in [6, 6.07) is 7.80. The van der Waals surface area contributed by atoms with Gasteiger partial charge in [-0.3, -0.25) is 0 Å². The molecule has 2 heterocycles. The average molecular weight is 389 g/mol. The monoisotopic (exact) mass is 389 g/mol. The summed E-state index contributed by atoms with van der Waals surface area (Å²) in [6.07, 6.45) is 3.30. The summed E-state index contributed by atoms with van der Waals surface area (Å²) in [6.45, 7) is 0.441. The smallest absolute Gasteiger partial charge is 0.348 e. The number of rotatable bonds is 6. The van der Waals surface area contributed by atoms with Crippen LogP contribution in [0.5, 0.6) is 5.75 Å². The van der Waals surface area contributed by atoms with Gasteiger partial charge < -0.3 is 9.47 Å². The number of aryl methyl sites for hydroxylation is 2. The van der Waals surface area contributed by atoms with Gasteiger partial charge in [-0.15, -0.1) is 22.7 Å². The molecule has 0 bridgehead atoms. The van der Waals surface area contributed by atoms with Crippen molar-refractivity contribution in [3.8, 4) is 5.75 Å². The summed E-state index contributed by atoms with van der Waals surface area (Å²) in [4.78, 5) is 18.6. The van der Waals surface area contributed by atoms with Gasteiger partial charge in [0.25, 0.3) is 0 Å². The molecular formula is C19H16FNO3S2. The van der Waals surface area contributed by atoms with Crippen LogP contribution in [-0.2, 0) is 30.8 Å². The molecule has 4 rings (SSSR count). The fourth-order valence-corrected chi connectivity index (χ4v) is 4.63. The van der Waals surface area contributed by atoms with Crippen LogP contribution >= 0.6 is 22.7 Å². The Hall–Kier alpha value is -2.25. The Labute approximate surface area is 158 Å².